The van der Waals surface area contributed by atoms with Crippen LogP contribution in [0.4, 0.5) is 0 Å². The smallest absolute Gasteiger partial charge is 0.203 e. The Balaban J connectivity index is 0.00000392. The van der Waals surface area contributed by atoms with E-state index >= 15 is 0 Å². The van der Waals surface area contributed by atoms with Gasteiger partial charge in [-0.3, -0.25) is 4.99 Å². The van der Waals surface area contributed by atoms with Gasteiger partial charge in [-0.1, -0.05) is 19.8 Å². The molecule has 2 rings (SSSR count). The first-order valence-electron chi connectivity index (χ1n) is 9.93. The predicted molar refractivity (Wildman–Crippen MR) is 126 cm³/mol. The van der Waals surface area contributed by atoms with Crippen molar-refractivity contribution in [3.05, 3.63) is 17.7 Å². The molecule has 1 saturated carbocycles. The number of ether oxygens (including phenoxy) is 3. The maximum absolute atomic E-state index is 5.66. The summed E-state index contributed by atoms with van der Waals surface area (Å²) in [5, 5.41) is 6.91. The maximum atomic E-state index is 5.66. The third-order valence-electron chi connectivity index (χ3n) is 5.54. The monoisotopic (exact) mass is 505 g/mol. The molecular formula is C21H36IN3O3. The third-order valence-corrected chi connectivity index (χ3v) is 5.54. The first kappa shape index (κ1) is 24.7. The fourth-order valence-electron chi connectivity index (χ4n) is 3.78. The van der Waals surface area contributed by atoms with Crippen molar-refractivity contribution in [2.45, 2.75) is 52.5 Å². The molecule has 0 amide bonds. The van der Waals surface area contributed by atoms with Crippen molar-refractivity contribution in [3.8, 4) is 17.2 Å². The Bertz CT molecular complexity index is 606. The molecule has 0 unspecified atom stereocenters. The number of hydrogen-bond donors (Lipinski definition) is 2. The minimum absolute atomic E-state index is 0. The second-order valence-corrected chi connectivity index (χ2v) is 7.10. The van der Waals surface area contributed by atoms with Gasteiger partial charge in [-0.25, -0.2) is 0 Å². The van der Waals surface area contributed by atoms with Crippen LogP contribution in [0.25, 0.3) is 0 Å². The van der Waals surface area contributed by atoms with Gasteiger partial charge in [0.2, 0.25) is 5.75 Å². The predicted octanol–water partition coefficient (Wildman–Crippen LogP) is 4.36. The summed E-state index contributed by atoms with van der Waals surface area (Å²) in [6.45, 7) is 6.39. The molecule has 28 heavy (non-hydrogen) atoms. The van der Waals surface area contributed by atoms with E-state index in [4.69, 9.17) is 14.2 Å². The van der Waals surface area contributed by atoms with E-state index in [2.05, 4.69) is 22.5 Å². The van der Waals surface area contributed by atoms with Crippen molar-refractivity contribution in [3.63, 3.8) is 0 Å². The third kappa shape index (κ3) is 6.32. The molecule has 1 aromatic rings. The molecular weight excluding hydrogens is 469 g/mol. The number of nitrogens with one attached hydrogen (secondary N) is 2. The average Bonchev–Trinajstić information content (AvgIpc) is 3.18. The first-order valence-corrected chi connectivity index (χ1v) is 9.93. The number of halogens is 1. The lowest BCUT2D eigenvalue weighted by Crippen LogP contribution is -2.42. The summed E-state index contributed by atoms with van der Waals surface area (Å²) in [5.74, 6) is 2.81. The number of nitrogens with zero attached hydrogens (tertiary/aromatic N) is 1. The molecule has 6 nitrogen and oxygen atoms in total. The average molecular weight is 505 g/mol. The normalized spacial score (nSPS) is 15.5. The quantitative estimate of drug-likeness (QED) is 0.297. The molecule has 0 bridgehead atoms. The van der Waals surface area contributed by atoms with E-state index in [1.165, 1.54) is 32.1 Å². The highest BCUT2D eigenvalue weighted by molar-refractivity contribution is 14.0. The SMILES string of the molecule is CCOc1c(OC)cc(CNC(=NC)NCC2(CC)CCCC2)cc1OC.I. The molecule has 0 aliphatic heterocycles. The van der Waals surface area contributed by atoms with E-state index < -0.39 is 0 Å². The number of benzene rings is 1. The van der Waals surface area contributed by atoms with E-state index in [1.807, 2.05) is 26.1 Å². The molecule has 0 heterocycles. The summed E-state index contributed by atoms with van der Waals surface area (Å²) < 4.78 is 16.6. The van der Waals surface area contributed by atoms with Crippen LogP contribution in [0.2, 0.25) is 0 Å². The molecule has 7 heteroatoms. The van der Waals surface area contributed by atoms with Gasteiger partial charge in [-0.15, -0.1) is 24.0 Å². The van der Waals surface area contributed by atoms with Crippen molar-refractivity contribution in [1.82, 2.24) is 10.6 Å². The Morgan fingerprint density at radius 3 is 2.14 bits per heavy atom. The lowest BCUT2D eigenvalue weighted by Gasteiger charge is -2.28. The van der Waals surface area contributed by atoms with Crippen LogP contribution in [-0.2, 0) is 6.54 Å². The molecule has 160 valence electrons. The highest BCUT2D eigenvalue weighted by Gasteiger charge is 2.31. The molecule has 2 N–H and O–H groups in total. The number of aliphatic imine (C=N–C) groups is 1. The topological polar surface area (TPSA) is 64.1 Å². The van der Waals surface area contributed by atoms with Crippen molar-refractivity contribution in [1.29, 1.82) is 0 Å². The van der Waals surface area contributed by atoms with E-state index in [1.54, 1.807) is 14.2 Å². The molecule has 1 aliphatic rings. The standard InChI is InChI=1S/C21H35N3O3.HI/c1-6-21(10-8-9-11-21)15-24-20(22-3)23-14-16-12-17(25-4)19(27-7-2)18(13-16)26-5;/h12-13H,6-11,14-15H2,1-5H3,(H2,22,23,24);1H. The van der Waals surface area contributed by atoms with Gasteiger partial charge in [-0.05, 0) is 49.3 Å². The molecule has 0 aromatic heterocycles. The summed E-state index contributed by atoms with van der Waals surface area (Å²) in [6.07, 6.45) is 6.51. The number of hydrogen-bond acceptors (Lipinski definition) is 4. The summed E-state index contributed by atoms with van der Waals surface area (Å²) in [7, 11) is 5.09. The molecule has 0 spiro atoms. The zero-order valence-electron chi connectivity index (χ0n) is 17.9. The minimum Gasteiger partial charge on any atom is -0.493 e. The van der Waals surface area contributed by atoms with Crippen molar-refractivity contribution in [2.75, 3.05) is 34.4 Å². The zero-order chi connectivity index (χ0) is 19.7. The Morgan fingerprint density at radius 2 is 1.68 bits per heavy atom. The maximum Gasteiger partial charge on any atom is 0.203 e. The Morgan fingerprint density at radius 1 is 1.07 bits per heavy atom. The lowest BCUT2D eigenvalue weighted by atomic mass is 9.83. The Labute approximate surface area is 186 Å². The van der Waals surface area contributed by atoms with Gasteiger partial charge in [0, 0.05) is 20.1 Å². The number of methoxy groups -OCH3 is 2. The number of guanidine groups is 1. The number of rotatable bonds is 9. The molecule has 1 aromatic carbocycles. The van der Waals surface area contributed by atoms with E-state index in [0.29, 0.717) is 35.8 Å². The van der Waals surface area contributed by atoms with Gasteiger partial charge in [-0.2, -0.15) is 0 Å². The lowest BCUT2D eigenvalue weighted by molar-refractivity contribution is 0.283. The minimum atomic E-state index is 0. The van der Waals surface area contributed by atoms with Gasteiger partial charge >= 0.3 is 0 Å². The second kappa shape index (κ2) is 12.2. The van der Waals surface area contributed by atoms with Crippen LogP contribution in [0.1, 0.15) is 51.5 Å². The largest absolute Gasteiger partial charge is 0.493 e. The van der Waals surface area contributed by atoms with Gasteiger partial charge in [0.1, 0.15) is 0 Å². The highest BCUT2D eigenvalue weighted by atomic mass is 127. The van der Waals surface area contributed by atoms with Crippen LogP contribution >= 0.6 is 24.0 Å². The summed E-state index contributed by atoms with van der Waals surface area (Å²) in [6, 6.07) is 3.94. The van der Waals surface area contributed by atoms with Gasteiger partial charge < -0.3 is 24.8 Å². The van der Waals surface area contributed by atoms with Crippen LogP contribution in [0.3, 0.4) is 0 Å². The van der Waals surface area contributed by atoms with E-state index in [0.717, 1.165) is 18.1 Å². The Kier molecular flexibility index (Phi) is 10.8. The summed E-state index contributed by atoms with van der Waals surface area (Å²) in [5.41, 5.74) is 1.46. The Hall–Kier alpha value is -1.38. The van der Waals surface area contributed by atoms with Crippen LogP contribution in [0, 0.1) is 5.41 Å². The molecule has 1 fully saturated rings. The zero-order valence-corrected chi connectivity index (χ0v) is 20.2. The van der Waals surface area contributed by atoms with Crippen LogP contribution in [0.15, 0.2) is 17.1 Å². The second-order valence-electron chi connectivity index (χ2n) is 7.10. The fraction of sp³-hybridized carbons (Fsp3) is 0.667. The van der Waals surface area contributed by atoms with E-state index in [-0.39, 0.29) is 24.0 Å². The first-order chi connectivity index (χ1) is 13.1. The molecule has 1 aliphatic carbocycles. The van der Waals surface area contributed by atoms with Crippen LogP contribution in [0.5, 0.6) is 17.2 Å². The van der Waals surface area contributed by atoms with Crippen molar-refractivity contribution >= 4 is 29.9 Å². The molecule has 0 radical (unpaired) electrons. The van der Waals surface area contributed by atoms with Gasteiger partial charge in [0.25, 0.3) is 0 Å². The highest BCUT2D eigenvalue weighted by Crippen LogP contribution is 2.40. The van der Waals surface area contributed by atoms with Crippen LogP contribution < -0.4 is 24.8 Å². The van der Waals surface area contributed by atoms with Gasteiger partial charge in [0.15, 0.2) is 17.5 Å². The fourth-order valence-corrected chi connectivity index (χ4v) is 3.78. The summed E-state index contributed by atoms with van der Waals surface area (Å²) in [4.78, 5) is 4.37. The van der Waals surface area contributed by atoms with Crippen molar-refractivity contribution in [2.24, 2.45) is 10.4 Å². The molecule has 0 saturated heterocycles. The van der Waals surface area contributed by atoms with Crippen molar-refractivity contribution < 1.29 is 14.2 Å². The molecule has 0 atom stereocenters. The van der Waals surface area contributed by atoms with Crippen LogP contribution in [-0.4, -0.2) is 40.4 Å². The van der Waals surface area contributed by atoms with Gasteiger partial charge in [0.05, 0.1) is 20.8 Å². The summed E-state index contributed by atoms with van der Waals surface area (Å²) >= 11 is 0. The van der Waals surface area contributed by atoms with E-state index in [9.17, 15) is 0 Å².